The Labute approximate surface area is 124 Å². The first-order valence-corrected chi connectivity index (χ1v) is 8.03. The molecule has 1 rings (SSSR count). The van der Waals surface area contributed by atoms with E-state index in [1.54, 1.807) is 0 Å². The van der Waals surface area contributed by atoms with Gasteiger partial charge in [-0.1, -0.05) is 58.6 Å². The van der Waals surface area contributed by atoms with Gasteiger partial charge in [0.1, 0.15) is 0 Å². The van der Waals surface area contributed by atoms with Gasteiger partial charge in [0.2, 0.25) is 0 Å². The Hall–Kier alpha value is -0.670. The molecule has 1 aromatic rings. The zero-order valence-electron chi connectivity index (χ0n) is 11.9. The van der Waals surface area contributed by atoms with Crippen LogP contribution in [0.1, 0.15) is 43.7 Å². The molecule has 0 amide bonds. The molecule has 19 heavy (non-hydrogen) atoms. The fourth-order valence-corrected chi connectivity index (χ4v) is 3.00. The van der Waals surface area contributed by atoms with E-state index in [4.69, 9.17) is 5.73 Å². The third kappa shape index (κ3) is 4.43. The molecule has 0 saturated carbocycles. The molecule has 0 radical (unpaired) electrons. The van der Waals surface area contributed by atoms with E-state index >= 15 is 0 Å². The van der Waals surface area contributed by atoms with Crippen molar-refractivity contribution in [2.45, 2.75) is 44.9 Å². The van der Waals surface area contributed by atoms with Crippen LogP contribution in [0, 0.1) is 6.92 Å². The molecule has 0 aliphatic heterocycles. The van der Waals surface area contributed by atoms with Crippen LogP contribution in [-0.4, -0.2) is 17.7 Å². The quantitative estimate of drug-likeness (QED) is 0.584. The van der Waals surface area contributed by atoms with Gasteiger partial charge in [-0.2, -0.15) is 0 Å². The van der Waals surface area contributed by atoms with Crippen molar-refractivity contribution in [2.24, 2.45) is 5.73 Å². The number of benzene rings is 1. The topological polar surface area (TPSA) is 43.1 Å². The van der Waals surface area contributed by atoms with E-state index in [9.17, 15) is 4.79 Å². The number of carbonyl (C=O) groups is 1. The lowest BCUT2D eigenvalue weighted by Crippen LogP contribution is -2.33. The molecule has 0 aliphatic carbocycles. The SMILES string of the molecule is Cc1cccc(C(C)(CCCCCN)C(=O)CBr)c1. The maximum absolute atomic E-state index is 12.3. The van der Waals surface area contributed by atoms with Crippen LogP contribution in [0.2, 0.25) is 0 Å². The summed E-state index contributed by atoms with van der Waals surface area (Å²) in [5.41, 5.74) is 7.47. The van der Waals surface area contributed by atoms with Crippen LogP contribution >= 0.6 is 15.9 Å². The van der Waals surface area contributed by atoms with Gasteiger partial charge in [-0.05, 0) is 38.8 Å². The highest BCUT2D eigenvalue weighted by Crippen LogP contribution is 2.32. The first-order valence-electron chi connectivity index (χ1n) is 6.91. The number of aryl methyl sites for hydroxylation is 1. The van der Waals surface area contributed by atoms with Gasteiger partial charge >= 0.3 is 0 Å². The molecule has 0 fully saturated rings. The average molecular weight is 326 g/mol. The Balaban J connectivity index is 2.89. The number of carbonyl (C=O) groups excluding carboxylic acids is 1. The highest BCUT2D eigenvalue weighted by Gasteiger charge is 2.33. The van der Waals surface area contributed by atoms with Crippen molar-refractivity contribution in [2.75, 3.05) is 11.9 Å². The van der Waals surface area contributed by atoms with E-state index in [0.29, 0.717) is 5.33 Å². The van der Waals surface area contributed by atoms with Crippen molar-refractivity contribution in [3.8, 4) is 0 Å². The second kappa shape index (κ2) is 7.81. The van der Waals surface area contributed by atoms with E-state index in [1.165, 1.54) is 5.56 Å². The number of hydrogen-bond acceptors (Lipinski definition) is 2. The van der Waals surface area contributed by atoms with E-state index < -0.39 is 0 Å². The number of ketones is 1. The number of Topliss-reactive ketones (excluding diaryl/α,β-unsaturated/α-hetero) is 1. The van der Waals surface area contributed by atoms with Crippen LogP contribution < -0.4 is 5.73 Å². The zero-order valence-corrected chi connectivity index (χ0v) is 13.5. The molecule has 0 saturated heterocycles. The molecule has 0 bridgehead atoms. The van der Waals surface area contributed by atoms with Crippen molar-refractivity contribution in [3.05, 3.63) is 35.4 Å². The lowest BCUT2D eigenvalue weighted by atomic mass is 9.75. The molecule has 0 aliphatic rings. The first kappa shape index (κ1) is 16.4. The maximum atomic E-state index is 12.3. The molecule has 3 heteroatoms. The molecule has 1 unspecified atom stereocenters. The van der Waals surface area contributed by atoms with Crippen LogP contribution in [0.3, 0.4) is 0 Å². The number of nitrogens with two attached hydrogens (primary N) is 1. The minimum Gasteiger partial charge on any atom is -0.330 e. The second-order valence-corrected chi connectivity index (χ2v) is 5.92. The summed E-state index contributed by atoms with van der Waals surface area (Å²) in [5.74, 6) is 0.255. The minimum atomic E-state index is -0.385. The van der Waals surface area contributed by atoms with E-state index in [0.717, 1.165) is 37.8 Å². The third-order valence-corrected chi connectivity index (χ3v) is 4.28. The predicted octanol–water partition coefficient (Wildman–Crippen LogP) is 3.74. The van der Waals surface area contributed by atoms with Crippen LogP contribution in [-0.2, 0) is 10.2 Å². The zero-order chi connectivity index (χ0) is 14.3. The summed E-state index contributed by atoms with van der Waals surface area (Å²) in [6.07, 6.45) is 4.06. The van der Waals surface area contributed by atoms with Crippen molar-refractivity contribution >= 4 is 21.7 Å². The Morgan fingerprint density at radius 2 is 2.05 bits per heavy atom. The molecule has 1 atom stereocenters. The van der Waals surface area contributed by atoms with Gasteiger partial charge in [0.15, 0.2) is 5.78 Å². The Morgan fingerprint density at radius 1 is 1.32 bits per heavy atom. The summed E-state index contributed by atoms with van der Waals surface area (Å²) in [7, 11) is 0. The second-order valence-electron chi connectivity index (χ2n) is 5.36. The monoisotopic (exact) mass is 325 g/mol. The Kier molecular flexibility index (Phi) is 6.73. The standard InChI is InChI=1S/C16H24BrNO/c1-13-7-6-8-14(11-13)16(2,15(19)12-17)9-4-3-5-10-18/h6-8,11H,3-5,9-10,12,18H2,1-2H3. The van der Waals surface area contributed by atoms with Gasteiger partial charge in [0.05, 0.1) is 10.7 Å². The Bertz CT molecular complexity index is 419. The number of halogens is 1. The molecule has 0 spiro atoms. The average Bonchev–Trinajstić information content (AvgIpc) is 2.42. The van der Waals surface area contributed by atoms with Gasteiger partial charge in [0, 0.05) is 0 Å². The van der Waals surface area contributed by atoms with Gasteiger partial charge in [-0.15, -0.1) is 0 Å². The van der Waals surface area contributed by atoms with Gasteiger partial charge in [-0.3, -0.25) is 4.79 Å². The summed E-state index contributed by atoms with van der Waals surface area (Å²) in [4.78, 5) is 12.3. The van der Waals surface area contributed by atoms with Gasteiger partial charge in [-0.25, -0.2) is 0 Å². The summed E-state index contributed by atoms with van der Waals surface area (Å²) in [5, 5.41) is 0.411. The van der Waals surface area contributed by atoms with E-state index in [-0.39, 0.29) is 11.2 Å². The number of alkyl halides is 1. The fraction of sp³-hybridized carbons (Fsp3) is 0.562. The smallest absolute Gasteiger partial charge is 0.153 e. The van der Waals surface area contributed by atoms with Gasteiger partial charge in [0.25, 0.3) is 0 Å². The molecule has 2 N–H and O–H groups in total. The summed E-state index contributed by atoms with van der Waals surface area (Å²) in [6, 6.07) is 8.29. The molecule has 0 aromatic heterocycles. The normalized spacial score (nSPS) is 14.1. The van der Waals surface area contributed by atoms with Crippen molar-refractivity contribution < 1.29 is 4.79 Å². The molecule has 1 aromatic carbocycles. The molecule has 2 nitrogen and oxygen atoms in total. The van der Waals surface area contributed by atoms with E-state index in [2.05, 4.69) is 48.0 Å². The molecular formula is C16H24BrNO. The number of unbranched alkanes of at least 4 members (excludes halogenated alkanes) is 2. The van der Waals surface area contributed by atoms with Crippen LogP contribution in [0.15, 0.2) is 24.3 Å². The fourth-order valence-electron chi connectivity index (χ4n) is 2.38. The van der Waals surface area contributed by atoms with Crippen molar-refractivity contribution in [1.82, 2.24) is 0 Å². The lowest BCUT2D eigenvalue weighted by Gasteiger charge is -2.28. The Morgan fingerprint density at radius 3 is 2.63 bits per heavy atom. The predicted molar refractivity (Wildman–Crippen MR) is 84.9 cm³/mol. The van der Waals surface area contributed by atoms with Crippen molar-refractivity contribution in [1.29, 1.82) is 0 Å². The molecule has 0 heterocycles. The van der Waals surface area contributed by atoms with Crippen LogP contribution in [0.25, 0.3) is 0 Å². The number of rotatable bonds is 8. The maximum Gasteiger partial charge on any atom is 0.153 e. The summed E-state index contributed by atoms with van der Waals surface area (Å²) < 4.78 is 0. The largest absolute Gasteiger partial charge is 0.330 e. The lowest BCUT2D eigenvalue weighted by molar-refractivity contribution is -0.121. The molecular weight excluding hydrogens is 302 g/mol. The van der Waals surface area contributed by atoms with E-state index in [1.807, 2.05) is 6.07 Å². The first-order chi connectivity index (χ1) is 9.04. The van der Waals surface area contributed by atoms with Gasteiger partial charge < -0.3 is 5.73 Å². The highest BCUT2D eigenvalue weighted by molar-refractivity contribution is 9.09. The van der Waals surface area contributed by atoms with Crippen molar-refractivity contribution in [3.63, 3.8) is 0 Å². The van der Waals surface area contributed by atoms with Crippen LogP contribution in [0.4, 0.5) is 0 Å². The summed E-state index contributed by atoms with van der Waals surface area (Å²) >= 11 is 3.32. The minimum absolute atomic E-state index is 0.255. The number of hydrogen-bond donors (Lipinski definition) is 1. The van der Waals surface area contributed by atoms with Crippen LogP contribution in [0.5, 0.6) is 0 Å². The summed E-state index contributed by atoms with van der Waals surface area (Å²) in [6.45, 7) is 4.86. The highest BCUT2D eigenvalue weighted by atomic mass is 79.9. The molecule has 106 valence electrons. The third-order valence-electron chi connectivity index (χ3n) is 3.77.